The fraction of sp³-hybridized carbons (Fsp3) is 0.133. The van der Waals surface area contributed by atoms with Crippen molar-refractivity contribution in [1.82, 2.24) is 0 Å². The Kier molecular flexibility index (Phi) is 4.16. The zero-order chi connectivity index (χ0) is 14.5. The Morgan fingerprint density at radius 2 is 1.70 bits per heavy atom. The monoisotopic (exact) mass is 275 g/mol. The van der Waals surface area contributed by atoms with Crippen LogP contribution in [0.25, 0.3) is 11.1 Å². The number of rotatable bonds is 4. The first-order valence-corrected chi connectivity index (χ1v) is 5.77. The molecule has 2 aromatic rings. The summed E-state index contributed by atoms with van der Waals surface area (Å²) in [5.41, 5.74) is 2.01. The van der Waals surface area contributed by atoms with Crippen molar-refractivity contribution in [2.75, 3.05) is 7.11 Å². The van der Waals surface area contributed by atoms with E-state index in [-0.39, 0.29) is 5.75 Å². The Morgan fingerprint density at radius 3 is 2.25 bits per heavy atom. The molecule has 2 rings (SSSR count). The van der Waals surface area contributed by atoms with Gasteiger partial charge in [0.1, 0.15) is 17.6 Å². The second-order valence-electron chi connectivity index (χ2n) is 3.93. The van der Waals surface area contributed by atoms with E-state index in [9.17, 15) is 8.78 Å². The lowest BCUT2D eigenvalue weighted by Crippen LogP contribution is -2.01. The molecule has 0 unspecified atom stereocenters. The van der Waals surface area contributed by atoms with Crippen molar-refractivity contribution in [3.8, 4) is 28.7 Å². The van der Waals surface area contributed by atoms with Crippen molar-refractivity contribution < 1.29 is 18.3 Å². The van der Waals surface area contributed by atoms with E-state index in [1.165, 1.54) is 19.2 Å². The van der Waals surface area contributed by atoms with Crippen LogP contribution in [0.5, 0.6) is 11.5 Å². The van der Waals surface area contributed by atoms with Gasteiger partial charge in [0.25, 0.3) is 0 Å². The van der Waals surface area contributed by atoms with Gasteiger partial charge in [-0.1, -0.05) is 18.2 Å². The van der Waals surface area contributed by atoms with E-state index in [1.54, 1.807) is 30.3 Å². The van der Waals surface area contributed by atoms with Crippen molar-refractivity contribution in [3.63, 3.8) is 0 Å². The maximum absolute atomic E-state index is 12.1. The van der Waals surface area contributed by atoms with Crippen LogP contribution < -0.4 is 9.47 Å². The van der Waals surface area contributed by atoms with Gasteiger partial charge in [-0.3, -0.25) is 0 Å². The SMILES string of the molecule is COc1ccc(-c2ccc(OC(F)F)cc2)cc1C#N. The first kappa shape index (κ1) is 13.8. The number of nitrogens with zero attached hydrogens (tertiary/aromatic N) is 1. The Bertz CT molecular complexity index is 633. The van der Waals surface area contributed by atoms with Gasteiger partial charge in [0.2, 0.25) is 0 Å². The molecule has 0 amide bonds. The second kappa shape index (κ2) is 6.02. The first-order chi connectivity index (χ1) is 9.63. The van der Waals surface area contributed by atoms with E-state index in [0.29, 0.717) is 11.3 Å². The van der Waals surface area contributed by atoms with Crippen molar-refractivity contribution in [3.05, 3.63) is 48.0 Å². The molecule has 0 fully saturated rings. The van der Waals surface area contributed by atoms with Gasteiger partial charge in [0.05, 0.1) is 12.7 Å². The van der Waals surface area contributed by atoms with E-state index in [2.05, 4.69) is 4.74 Å². The number of benzene rings is 2. The topological polar surface area (TPSA) is 42.2 Å². The predicted molar refractivity (Wildman–Crippen MR) is 69.8 cm³/mol. The lowest BCUT2D eigenvalue weighted by Gasteiger charge is -2.08. The number of nitriles is 1. The molecule has 0 heterocycles. The molecular formula is C15H11F2NO2. The van der Waals surface area contributed by atoms with Gasteiger partial charge in [-0.2, -0.15) is 14.0 Å². The van der Waals surface area contributed by atoms with Crippen molar-refractivity contribution in [1.29, 1.82) is 5.26 Å². The fourth-order valence-corrected chi connectivity index (χ4v) is 1.80. The van der Waals surface area contributed by atoms with Crippen LogP contribution in [0, 0.1) is 11.3 Å². The molecule has 2 aromatic carbocycles. The summed E-state index contributed by atoms with van der Waals surface area (Å²) in [6, 6.07) is 13.4. The number of hydrogen-bond acceptors (Lipinski definition) is 3. The molecule has 0 aromatic heterocycles. The maximum atomic E-state index is 12.1. The Balaban J connectivity index is 2.30. The highest BCUT2D eigenvalue weighted by Crippen LogP contribution is 2.27. The highest BCUT2D eigenvalue weighted by atomic mass is 19.3. The van der Waals surface area contributed by atoms with Crippen LogP contribution in [0.2, 0.25) is 0 Å². The molecule has 0 aliphatic heterocycles. The molecular weight excluding hydrogens is 264 g/mol. The zero-order valence-electron chi connectivity index (χ0n) is 10.6. The summed E-state index contributed by atoms with van der Waals surface area (Å²) in [4.78, 5) is 0. The van der Waals surface area contributed by atoms with Gasteiger partial charge in [-0.05, 0) is 35.4 Å². The molecule has 3 nitrogen and oxygen atoms in total. The minimum atomic E-state index is -2.84. The summed E-state index contributed by atoms with van der Waals surface area (Å²) in [6.07, 6.45) is 0. The van der Waals surface area contributed by atoms with Gasteiger partial charge < -0.3 is 9.47 Å². The number of halogens is 2. The molecule has 0 saturated carbocycles. The molecule has 0 atom stereocenters. The molecule has 0 spiro atoms. The average Bonchev–Trinajstić information content (AvgIpc) is 2.46. The average molecular weight is 275 g/mol. The Hall–Kier alpha value is -2.61. The summed E-state index contributed by atoms with van der Waals surface area (Å²) in [5.74, 6) is 0.590. The summed E-state index contributed by atoms with van der Waals surface area (Å²) in [6.45, 7) is -2.84. The number of alkyl halides is 2. The minimum Gasteiger partial charge on any atom is -0.495 e. The molecule has 5 heteroatoms. The highest BCUT2D eigenvalue weighted by molar-refractivity contribution is 5.67. The molecule has 0 aliphatic carbocycles. The fourth-order valence-electron chi connectivity index (χ4n) is 1.80. The molecule has 0 bridgehead atoms. The van der Waals surface area contributed by atoms with Crippen LogP contribution in [0.1, 0.15) is 5.56 Å². The number of hydrogen-bond donors (Lipinski definition) is 0. The van der Waals surface area contributed by atoms with Crippen LogP contribution in [0.3, 0.4) is 0 Å². The van der Waals surface area contributed by atoms with Crippen molar-refractivity contribution in [2.24, 2.45) is 0 Å². The smallest absolute Gasteiger partial charge is 0.387 e. The summed E-state index contributed by atoms with van der Waals surface area (Å²) >= 11 is 0. The van der Waals surface area contributed by atoms with Crippen LogP contribution in [0.15, 0.2) is 42.5 Å². The van der Waals surface area contributed by atoms with Crippen LogP contribution in [-0.4, -0.2) is 13.7 Å². The lowest BCUT2D eigenvalue weighted by molar-refractivity contribution is -0.0498. The largest absolute Gasteiger partial charge is 0.495 e. The zero-order valence-corrected chi connectivity index (χ0v) is 10.6. The standard InChI is InChI=1S/C15H11F2NO2/c1-19-14-7-4-11(8-12(14)9-18)10-2-5-13(6-3-10)20-15(16)17/h2-8,15H,1H3. The molecule has 20 heavy (non-hydrogen) atoms. The number of methoxy groups -OCH3 is 1. The van der Waals surface area contributed by atoms with Crippen LogP contribution >= 0.6 is 0 Å². The van der Waals surface area contributed by atoms with E-state index in [1.807, 2.05) is 6.07 Å². The van der Waals surface area contributed by atoms with E-state index in [4.69, 9.17) is 10.00 Å². The highest BCUT2D eigenvalue weighted by Gasteiger charge is 2.07. The second-order valence-corrected chi connectivity index (χ2v) is 3.93. The summed E-state index contributed by atoms with van der Waals surface area (Å²) in [5, 5.41) is 9.03. The van der Waals surface area contributed by atoms with Gasteiger partial charge in [-0.25, -0.2) is 0 Å². The number of ether oxygens (including phenoxy) is 2. The van der Waals surface area contributed by atoms with Crippen LogP contribution in [0.4, 0.5) is 8.78 Å². The summed E-state index contributed by atoms with van der Waals surface area (Å²) < 4.78 is 33.5. The lowest BCUT2D eigenvalue weighted by atomic mass is 10.0. The molecule has 102 valence electrons. The van der Waals surface area contributed by atoms with Crippen molar-refractivity contribution >= 4 is 0 Å². The third kappa shape index (κ3) is 3.04. The molecule has 0 aliphatic rings. The minimum absolute atomic E-state index is 0.0952. The maximum Gasteiger partial charge on any atom is 0.387 e. The van der Waals surface area contributed by atoms with Crippen LogP contribution in [-0.2, 0) is 0 Å². The van der Waals surface area contributed by atoms with Gasteiger partial charge >= 0.3 is 6.61 Å². The first-order valence-electron chi connectivity index (χ1n) is 5.77. The summed E-state index contributed by atoms with van der Waals surface area (Å²) in [7, 11) is 1.49. The van der Waals surface area contributed by atoms with E-state index < -0.39 is 6.61 Å². The molecule has 0 saturated heterocycles. The molecule has 0 radical (unpaired) electrons. The van der Waals surface area contributed by atoms with Gasteiger partial charge in [-0.15, -0.1) is 0 Å². The molecule has 0 N–H and O–H groups in total. The quantitative estimate of drug-likeness (QED) is 0.851. The Morgan fingerprint density at radius 1 is 1.05 bits per heavy atom. The van der Waals surface area contributed by atoms with E-state index in [0.717, 1.165) is 11.1 Å². The van der Waals surface area contributed by atoms with Gasteiger partial charge in [0, 0.05) is 0 Å². The Labute approximate surface area is 115 Å². The van der Waals surface area contributed by atoms with Crippen molar-refractivity contribution in [2.45, 2.75) is 6.61 Å². The third-order valence-corrected chi connectivity index (χ3v) is 2.73. The van der Waals surface area contributed by atoms with Gasteiger partial charge in [0.15, 0.2) is 0 Å². The third-order valence-electron chi connectivity index (χ3n) is 2.73. The van der Waals surface area contributed by atoms with E-state index >= 15 is 0 Å². The normalized spacial score (nSPS) is 10.2. The predicted octanol–water partition coefficient (Wildman–Crippen LogP) is 3.84.